The molecule has 3 atom stereocenters. The number of nitrogens with zero attached hydrogens (tertiary/aromatic N) is 3. The average Bonchev–Trinajstić information content (AvgIpc) is 3.32. The molecule has 0 aliphatic carbocycles. The standard InChI is InChI=1S/C21H27F3N4O3S2/c1-15-11-25-19(29)14-26(15)12-18-13-27(33(30,31)20-3-2-10-32-20)8-9-28(18)17-6-4-16(5-7-17)21(22,23)24/h2,4-7,10,15,18,20H,3,8-9,11-14H2,1H3,(H,25,29)/t15-,18-,20?/m0/s1. The van der Waals surface area contributed by atoms with Gasteiger partial charge in [0.05, 0.1) is 18.2 Å². The number of piperazine rings is 2. The van der Waals surface area contributed by atoms with Crippen LogP contribution in [0.4, 0.5) is 18.9 Å². The Balaban J connectivity index is 1.58. The third-order valence-electron chi connectivity index (χ3n) is 6.33. The predicted octanol–water partition coefficient (Wildman–Crippen LogP) is 2.32. The number of hydrogen-bond acceptors (Lipinski definition) is 6. The summed E-state index contributed by atoms with van der Waals surface area (Å²) in [5.74, 6) is -0.0945. The normalized spacial score (nSPS) is 27.7. The molecule has 0 spiro atoms. The van der Waals surface area contributed by atoms with Crippen molar-refractivity contribution in [2.45, 2.75) is 36.2 Å². The number of halogens is 3. The number of allylic oxidation sites excluding steroid dienone is 1. The average molecular weight is 505 g/mol. The van der Waals surface area contributed by atoms with Crippen LogP contribution in [-0.4, -0.2) is 79.5 Å². The van der Waals surface area contributed by atoms with Crippen molar-refractivity contribution in [2.75, 3.05) is 44.2 Å². The van der Waals surface area contributed by atoms with Crippen LogP contribution in [0.5, 0.6) is 0 Å². The van der Waals surface area contributed by atoms with E-state index in [4.69, 9.17) is 0 Å². The molecule has 4 rings (SSSR count). The highest BCUT2D eigenvalue weighted by Gasteiger charge is 2.40. The summed E-state index contributed by atoms with van der Waals surface area (Å²) in [5, 5.41) is 4.61. The first-order chi connectivity index (χ1) is 15.6. The topological polar surface area (TPSA) is 73.0 Å². The Labute approximate surface area is 196 Å². The number of anilines is 1. The summed E-state index contributed by atoms with van der Waals surface area (Å²) in [6, 6.07) is 4.73. The van der Waals surface area contributed by atoms with E-state index in [0.717, 1.165) is 12.1 Å². The zero-order valence-corrected chi connectivity index (χ0v) is 19.8. The van der Waals surface area contributed by atoms with Crippen LogP contribution in [0.3, 0.4) is 0 Å². The smallest absolute Gasteiger partial charge is 0.365 e. The van der Waals surface area contributed by atoms with Crippen LogP contribution >= 0.6 is 11.8 Å². The van der Waals surface area contributed by atoms with Gasteiger partial charge in [0, 0.05) is 44.5 Å². The second-order valence-corrected chi connectivity index (χ2v) is 12.1. The maximum absolute atomic E-state index is 13.2. The number of carbonyl (C=O) groups is 1. The van der Waals surface area contributed by atoms with Crippen molar-refractivity contribution in [1.29, 1.82) is 0 Å². The molecule has 3 aliphatic heterocycles. The molecular weight excluding hydrogens is 477 g/mol. The number of hydrogen-bond donors (Lipinski definition) is 1. The number of amides is 1. The van der Waals surface area contributed by atoms with Crippen molar-refractivity contribution < 1.29 is 26.4 Å². The minimum absolute atomic E-state index is 0.0683. The fourth-order valence-corrected chi connectivity index (χ4v) is 7.56. The second-order valence-electron chi connectivity index (χ2n) is 8.55. The molecule has 33 heavy (non-hydrogen) atoms. The Morgan fingerprint density at radius 1 is 1.18 bits per heavy atom. The van der Waals surface area contributed by atoms with Gasteiger partial charge < -0.3 is 10.2 Å². The number of alkyl halides is 3. The molecule has 7 nitrogen and oxygen atoms in total. The maximum atomic E-state index is 13.2. The summed E-state index contributed by atoms with van der Waals surface area (Å²) < 4.78 is 66.4. The third-order valence-corrected chi connectivity index (χ3v) is 10.1. The van der Waals surface area contributed by atoms with E-state index in [1.165, 1.54) is 28.2 Å². The molecule has 0 bridgehead atoms. The van der Waals surface area contributed by atoms with E-state index in [-0.39, 0.29) is 37.6 Å². The highest BCUT2D eigenvalue weighted by molar-refractivity contribution is 8.14. The lowest BCUT2D eigenvalue weighted by molar-refractivity contribution is -0.137. The molecule has 2 saturated heterocycles. The summed E-state index contributed by atoms with van der Waals surface area (Å²) in [6.07, 6.45) is -2.12. The minimum Gasteiger partial charge on any atom is -0.365 e. The monoisotopic (exact) mass is 504 g/mol. The number of rotatable bonds is 5. The summed E-state index contributed by atoms with van der Waals surface area (Å²) in [4.78, 5) is 15.9. The van der Waals surface area contributed by atoms with E-state index in [1.807, 2.05) is 22.8 Å². The Morgan fingerprint density at radius 2 is 1.91 bits per heavy atom. The predicted molar refractivity (Wildman–Crippen MR) is 122 cm³/mol. The van der Waals surface area contributed by atoms with Gasteiger partial charge in [-0.05, 0) is 43.0 Å². The summed E-state index contributed by atoms with van der Waals surface area (Å²) in [7, 11) is -3.53. The molecule has 1 N–H and O–H groups in total. The number of carbonyl (C=O) groups excluding carboxylic acids is 1. The minimum atomic E-state index is -4.42. The van der Waals surface area contributed by atoms with Crippen LogP contribution in [0, 0.1) is 0 Å². The first-order valence-electron chi connectivity index (χ1n) is 10.8. The van der Waals surface area contributed by atoms with Gasteiger partial charge in [-0.1, -0.05) is 6.08 Å². The van der Waals surface area contributed by atoms with Crippen LogP contribution in [0.1, 0.15) is 18.9 Å². The Hall–Kier alpha value is -1.76. The molecule has 0 radical (unpaired) electrons. The van der Waals surface area contributed by atoms with E-state index in [0.29, 0.717) is 31.7 Å². The van der Waals surface area contributed by atoms with Crippen LogP contribution < -0.4 is 10.2 Å². The van der Waals surface area contributed by atoms with Crippen LogP contribution in [0.15, 0.2) is 35.7 Å². The van der Waals surface area contributed by atoms with Crippen molar-refractivity contribution in [1.82, 2.24) is 14.5 Å². The van der Waals surface area contributed by atoms with Gasteiger partial charge in [0.25, 0.3) is 0 Å². The lowest BCUT2D eigenvalue weighted by Crippen LogP contribution is -2.62. The largest absolute Gasteiger partial charge is 0.416 e. The molecule has 182 valence electrons. The van der Waals surface area contributed by atoms with Gasteiger partial charge in [0.2, 0.25) is 15.9 Å². The van der Waals surface area contributed by atoms with Crippen molar-refractivity contribution >= 4 is 33.4 Å². The Kier molecular flexibility index (Phi) is 7.00. The van der Waals surface area contributed by atoms with Gasteiger partial charge in [-0.3, -0.25) is 9.69 Å². The lowest BCUT2D eigenvalue weighted by atomic mass is 10.1. The number of sulfonamides is 1. The molecule has 1 aromatic rings. The number of nitrogens with one attached hydrogen (secondary N) is 1. The van der Waals surface area contributed by atoms with Crippen LogP contribution in [0.25, 0.3) is 0 Å². The zero-order chi connectivity index (χ0) is 23.8. The molecule has 1 unspecified atom stereocenters. The molecule has 3 aliphatic rings. The molecule has 1 aromatic carbocycles. The first-order valence-corrected chi connectivity index (χ1v) is 13.2. The van der Waals surface area contributed by atoms with E-state index in [9.17, 15) is 26.4 Å². The Bertz CT molecular complexity index is 993. The van der Waals surface area contributed by atoms with E-state index >= 15 is 0 Å². The molecular formula is C21H27F3N4O3S2. The van der Waals surface area contributed by atoms with Crippen molar-refractivity contribution in [3.8, 4) is 0 Å². The molecule has 0 saturated carbocycles. The number of thioether (sulfide) groups is 1. The molecule has 0 aromatic heterocycles. The van der Waals surface area contributed by atoms with Gasteiger partial charge in [-0.15, -0.1) is 11.8 Å². The first kappa shape index (κ1) is 24.4. The maximum Gasteiger partial charge on any atom is 0.416 e. The zero-order valence-electron chi connectivity index (χ0n) is 18.2. The highest BCUT2D eigenvalue weighted by atomic mass is 32.3. The quantitative estimate of drug-likeness (QED) is 0.664. The number of benzene rings is 1. The van der Waals surface area contributed by atoms with Gasteiger partial charge in [0.15, 0.2) is 0 Å². The van der Waals surface area contributed by atoms with Gasteiger partial charge in [-0.2, -0.15) is 17.5 Å². The molecule has 2 fully saturated rings. The fraction of sp³-hybridized carbons (Fsp3) is 0.571. The van der Waals surface area contributed by atoms with E-state index < -0.39 is 26.3 Å². The van der Waals surface area contributed by atoms with Gasteiger partial charge in [-0.25, -0.2) is 8.42 Å². The van der Waals surface area contributed by atoms with Crippen molar-refractivity contribution in [3.63, 3.8) is 0 Å². The summed E-state index contributed by atoms with van der Waals surface area (Å²) >= 11 is 1.29. The van der Waals surface area contributed by atoms with E-state index in [2.05, 4.69) is 5.32 Å². The third kappa shape index (κ3) is 5.33. The van der Waals surface area contributed by atoms with Crippen LogP contribution in [0.2, 0.25) is 0 Å². The Morgan fingerprint density at radius 3 is 2.55 bits per heavy atom. The van der Waals surface area contributed by atoms with Crippen LogP contribution in [-0.2, 0) is 21.0 Å². The van der Waals surface area contributed by atoms with Crippen molar-refractivity contribution in [3.05, 3.63) is 41.3 Å². The van der Waals surface area contributed by atoms with E-state index in [1.54, 1.807) is 5.41 Å². The summed E-state index contributed by atoms with van der Waals surface area (Å²) in [6.45, 7) is 3.94. The van der Waals surface area contributed by atoms with Crippen molar-refractivity contribution in [2.24, 2.45) is 0 Å². The molecule has 1 amide bonds. The molecule has 3 heterocycles. The summed E-state index contributed by atoms with van der Waals surface area (Å²) in [5.41, 5.74) is -0.118. The second kappa shape index (κ2) is 9.47. The molecule has 12 heteroatoms. The lowest BCUT2D eigenvalue weighted by Gasteiger charge is -2.46. The van der Waals surface area contributed by atoms with Gasteiger partial charge >= 0.3 is 6.18 Å². The SMILES string of the molecule is C[C@H]1CNC(=O)CN1C[C@H]1CN(S(=O)(=O)C2CC=CS2)CCN1c1ccc(C(F)(F)F)cc1. The van der Waals surface area contributed by atoms with Gasteiger partial charge in [0.1, 0.15) is 4.58 Å². The highest BCUT2D eigenvalue weighted by Crippen LogP contribution is 2.34. The fourth-order valence-electron chi connectivity index (χ4n) is 4.42.